The van der Waals surface area contributed by atoms with E-state index in [9.17, 15) is 0 Å². The van der Waals surface area contributed by atoms with Crippen LogP contribution in [0.15, 0.2) is 18.2 Å². The maximum atomic E-state index is 5.81. The van der Waals surface area contributed by atoms with Crippen LogP contribution < -0.4 is 10.6 Å². The third-order valence-corrected chi connectivity index (χ3v) is 3.89. The van der Waals surface area contributed by atoms with Crippen LogP contribution in [0.4, 0.5) is 5.69 Å². The van der Waals surface area contributed by atoms with Gasteiger partial charge in [-0.3, -0.25) is 0 Å². The second-order valence-corrected chi connectivity index (χ2v) is 5.01. The van der Waals surface area contributed by atoms with Crippen LogP contribution in [-0.4, -0.2) is 19.1 Å². The third kappa shape index (κ3) is 1.94. The first kappa shape index (κ1) is 11.5. The summed E-state index contributed by atoms with van der Waals surface area (Å²) >= 11 is 0. The van der Waals surface area contributed by atoms with Crippen LogP contribution in [0.3, 0.4) is 0 Å². The van der Waals surface area contributed by atoms with Gasteiger partial charge >= 0.3 is 0 Å². The summed E-state index contributed by atoms with van der Waals surface area (Å²) < 4.78 is 0. The number of aryl methyl sites for hydroxylation is 2. The topological polar surface area (TPSA) is 29.3 Å². The maximum Gasteiger partial charge on any atom is 0.0401 e. The first-order chi connectivity index (χ1) is 7.63. The first-order valence-electron chi connectivity index (χ1n) is 6.17. The Kier molecular flexibility index (Phi) is 3.20. The summed E-state index contributed by atoms with van der Waals surface area (Å²) in [5.41, 5.74) is 9.91. The second-order valence-electron chi connectivity index (χ2n) is 5.01. The molecule has 0 aliphatic carbocycles. The summed E-state index contributed by atoms with van der Waals surface area (Å²) in [4.78, 5) is 2.51. The summed E-state index contributed by atoms with van der Waals surface area (Å²) in [6.45, 7) is 8.60. The zero-order valence-corrected chi connectivity index (χ0v) is 10.5. The number of hydrogen-bond donors (Lipinski definition) is 1. The summed E-state index contributed by atoms with van der Waals surface area (Å²) in [5.74, 6) is 0.653. The van der Waals surface area contributed by atoms with Gasteiger partial charge in [0.1, 0.15) is 0 Å². The monoisotopic (exact) mass is 218 g/mol. The lowest BCUT2D eigenvalue weighted by Crippen LogP contribution is -2.33. The normalized spacial score (nSPS) is 25.1. The van der Waals surface area contributed by atoms with E-state index in [-0.39, 0.29) is 0 Å². The third-order valence-electron chi connectivity index (χ3n) is 3.89. The molecule has 2 unspecified atom stereocenters. The van der Waals surface area contributed by atoms with Gasteiger partial charge in [-0.05, 0) is 56.8 Å². The van der Waals surface area contributed by atoms with Gasteiger partial charge in [-0.25, -0.2) is 0 Å². The molecule has 1 aliphatic heterocycles. The standard InChI is InChI=1S/C14H22N2/c1-10-4-5-11(2)14(8-10)16-7-6-13(9-15)12(16)3/h4-5,8,12-13H,6-7,9,15H2,1-3H3. The molecule has 2 N–H and O–H groups in total. The number of rotatable bonds is 2. The predicted octanol–water partition coefficient (Wildman–Crippen LogP) is 2.48. The molecule has 1 aromatic carbocycles. The minimum atomic E-state index is 0.575. The van der Waals surface area contributed by atoms with Crippen molar-refractivity contribution in [3.63, 3.8) is 0 Å². The van der Waals surface area contributed by atoms with Gasteiger partial charge in [0.2, 0.25) is 0 Å². The molecule has 0 amide bonds. The van der Waals surface area contributed by atoms with Gasteiger partial charge in [-0.1, -0.05) is 12.1 Å². The lowest BCUT2D eigenvalue weighted by Gasteiger charge is -2.28. The molecule has 1 aliphatic rings. The molecule has 0 saturated carbocycles. The van der Waals surface area contributed by atoms with Gasteiger partial charge in [-0.2, -0.15) is 0 Å². The van der Waals surface area contributed by atoms with Crippen LogP contribution in [0.1, 0.15) is 24.5 Å². The molecule has 2 atom stereocenters. The van der Waals surface area contributed by atoms with Crippen molar-refractivity contribution in [1.29, 1.82) is 0 Å². The molecule has 0 spiro atoms. The summed E-state index contributed by atoms with van der Waals surface area (Å²) in [6, 6.07) is 7.27. The SMILES string of the molecule is Cc1ccc(C)c(N2CCC(CN)C2C)c1. The van der Waals surface area contributed by atoms with Crippen LogP contribution in [0, 0.1) is 19.8 Å². The van der Waals surface area contributed by atoms with Crippen LogP contribution >= 0.6 is 0 Å². The highest BCUT2D eigenvalue weighted by molar-refractivity contribution is 5.56. The molecule has 1 saturated heterocycles. The van der Waals surface area contributed by atoms with Crippen molar-refractivity contribution < 1.29 is 0 Å². The fraction of sp³-hybridized carbons (Fsp3) is 0.571. The van der Waals surface area contributed by atoms with E-state index in [1.54, 1.807) is 0 Å². The lowest BCUT2D eigenvalue weighted by atomic mass is 10.0. The van der Waals surface area contributed by atoms with Crippen LogP contribution in [0.2, 0.25) is 0 Å². The number of nitrogens with two attached hydrogens (primary N) is 1. The molecular weight excluding hydrogens is 196 g/mol. The molecule has 1 fully saturated rings. The summed E-state index contributed by atoms with van der Waals surface area (Å²) in [5, 5.41) is 0. The highest BCUT2D eigenvalue weighted by Gasteiger charge is 2.30. The molecule has 1 aromatic rings. The van der Waals surface area contributed by atoms with Crippen LogP contribution in [-0.2, 0) is 0 Å². The van der Waals surface area contributed by atoms with E-state index in [1.807, 2.05) is 0 Å². The van der Waals surface area contributed by atoms with Crippen molar-refractivity contribution in [2.24, 2.45) is 11.7 Å². The molecule has 16 heavy (non-hydrogen) atoms. The van der Waals surface area contributed by atoms with E-state index in [2.05, 4.69) is 43.9 Å². The minimum Gasteiger partial charge on any atom is -0.368 e. The second kappa shape index (κ2) is 4.46. The molecule has 2 nitrogen and oxygen atoms in total. The Hall–Kier alpha value is -1.02. The Balaban J connectivity index is 2.28. The van der Waals surface area contributed by atoms with Crippen LogP contribution in [0.25, 0.3) is 0 Å². The number of anilines is 1. The fourth-order valence-corrected chi connectivity index (χ4v) is 2.69. The number of hydrogen-bond acceptors (Lipinski definition) is 2. The molecule has 1 heterocycles. The number of benzene rings is 1. The largest absolute Gasteiger partial charge is 0.368 e. The summed E-state index contributed by atoms with van der Waals surface area (Å²) in [6.07, 6.45) is 1.23. The Morgan fingerprint density at radius 1 is 1.38 bits per heavy atom. The summed E-state index contributed by atoms with van der Waals surface area (Å²) in [7, 11) is 0. The molecular formula is C14H22N2. The van der Waals surface area contributed by atoms with Crippen molar-refractivity contribution in [2.75, 3.05) is 18.0 Å². The van der Waals surface area contributed by atoms with Crippen molar-refractivity contribution in [3.8, 4) is 0 Å². The van der Waals surface area contributed by atoms with Gasteiger partial charge in [0.25, 0.3) is 0 Å². The zero-order chi connectivity index (χ0) is 11.7. The highest BCUT2D eigenvalue weighted by atomic mass is 15.2. The Morgan fingerprint density at radius 2 is 2.12 bits per heavy atom. The van der Waals surface area contributed by atoms with E-state index in [0.717, 1.165) is 13.1 Å². The lowest BCUT2D eigenvalue weighted by molar-refractivity contribution is 0.508. The molecule has 2 rings (SSSR count). The molecule has 0 bridgehead atoms. The zero-order valence-electron chi connectivity index (χ0n) is 10.5. The van der Waals surface area contributed by atoms with Gasteiger partial charge in [-0.15, -0.1) is 0 Å². The predicted molar refractivity (Wildman–Crippen MR) is 69.9 cm³/mol. The number of nitrogens with zero attached hydrogens (tertiary/aromatic N) is 1. The van der Waals surface area contributed by atoms with Crippen molar-refractivity contribution in [1.82, 2.24) is 0 Å². The molecule has 0 aromatic heterocycles. The average molecular weight is 218 g/mol. The smallest absolute Gasteiger partial charge is 0.0401 e. The van der Waals surface area contributed by atoms with Gasteiger partial charge in [0, 0.05) is 18.3 Å². The average Bonchev–Trinajstić information content (AvgIpc) is 2.63. The van der Waals surface area contributed by atoms with E-state index >= 15 is 0 Å². The van der Waals surface area contributed by atoms with Crippen molar-refractivity contribution >= 4 is 5.69 Å². The Labute approximate surface area is 98.4 Å². The quantitative estimate of drug-likeness (QED) is 0.826. The van der Waals surface area contributed by atoms with E-state index < -0.39 is 0 Å². The van der Waals surface area contributed by atoms with Crippen molar-refractivity contribution in [2.45, 2.75) is 33.2 Å². The molecule has 2 heteroatoms. The van der Waals surface area contributed by atoms with E-state index in [0.29, 0.717) is 12.0 Å². The Morgan fingerprint density at radius 3 is 2.75 bits per heavy atom. The van der Waals surface area contributed by atoms with Gasteiger partial charge in [0.05, 0.1) is 0 Å². The van der Waals surface area contributed by atoms with E-state index in [4.69, 9.17) is 5.73 Å². The first-order valence-corrected chi connectivity index (χ1v) is 6.17. The van der Waals surface area contributed by atoms with Crippen LogP contribution in [0.5, 0.6) is 0 Å². The van der Waals surface area contributed by atoms with Crippen molar-refractivity contribution in [3.05, 3.63) is 29.3 Å². The van der Waals surface area contributed by atoms with Gasteiger partial charge < -0.3 is 10.6 Å². The Bertz CT molecular complexity index is 373. The minimum absolute atomic E-state index is 0.575. The molecule has 0 radical (unpaired) electrons. The fourth-order valence-electron chi connectivity index (χ4n) is 2.69. The maximum absolute atomic E-state index is 5.81. The highest BCUT2D eigenvalue weighted by Crippen LogP contribution is 2.31. The van der Waals surface area contributed by atoms with Gasteiger partial charge in [0.15, 0.2) is 0 Å². The van der Waals surface area contributed by atoms with E-state index in [1.165, 1.54) is 23.2 Å². The molecule has 88 valence electrons.